The van der Waals surface area contributed by atoms with Gasteiger partial charge in [0, 0.05) is 0 Å². The van der Waals surface area contributed by atoms with Crippen LogP contribution in [0.4, 0.5) is 0 Å². The number of esters is 2. The Kier molecular flexibility index (Phi) is 8.08. The van der Waals surface area contributed by atoms with Crippen LogP contribution in [0.2, 0.25) is 0 Å². The molecule has 2 rings (SSSR count). The summed E-state index contributed by atoms with van der Waals surface area (Å²) in [5.74, 6) is -5.05. The molecule has 0 saturated carbocycles. The number of aromatic carboxylic acids is 2. The largest absolute Gasteiger partial charge is 0.478 e. The summed E-state index contributed by atoms with van der Waals surface area (Å²) in [7, 11) is 5.19. The topological polar surface area (TPSA) is 127 Å². The zero-order valence-electron chi connectivity index (χ0n) is 13.0. The molecule has 0 bridgehead atoms. The van der Waals surface area contributed by atoms with Crippen LogP contribution in [0.3, 0.4) is 0 Å². The minimum atomic E-state index is -1.35. The average Bonchev–Trinajstić information content (AvgIpc) is 2.62. The Hall–Kier alpha value is -3.09. The fourth-order valence-electron chi connectivity index (χ4n) is 1.89. The van der Waals surface area contributed by atoms with E-state index in [1.54, 1.807) is 0 Å². The van der Waals surface area contributed by atoms with Crippen LogP contribution < -0.4 is 0 Å². The molecule has 130 valence electrons. The van der Waals surface area contributed by atoms with Crippen molar-refractivity contribution in [1.82, 2.24) is 0 Å². The van der Waals surface area contributed by atoms with E-state index < -0.39 is 23.9 Å². The summed E-state index contributed by atoms with van der Waals surface area (Å²) in [6, 6.07) is 10.4. The normalized spacial score (nSPS) is 9.46. The number of hydrogen-bond acceptors (Lipinski definition) is 6. The Morgan fingerprint density at radius 2 is 0.923 bits per heavy atom. The van der Waals surface area contributed by atoms with Crippen molar-refractivity contribution in [2.75, 3.05) is 0 Å². The molecule has 0 unspecified atom stereocenters. The van der Waals surface area contributed by atoms with Gasteiger partial charge in [0.15, 0.2) is 0 Å². The molecule has 0 heterocycles. The lowest BCUT2D eigenvalue weighted by atomic mass is 10.1. The first kappa shape index (κ1) is 21.0. The van der Waals surface area contributed by atoms with Crippen molar-refractivity contribution in [3.63, 3.8) is 0 Å². The molecular weight excluding hydrogens is 376 g/mol. The number of benzene rings is 2. The van der Waals surface area contributed by atoms with E-state index in [-0.39, 0.29) is 22.3 Å². The van der Waals surface area contributed by atoms with Crippen LogP contribution in [0.15, 0.2) is 48.5 Å². The van der Waals surface area contributed by atoms with Gasteiger partial charge in [-0.1, -0.05) is 24.3 Å². The van der Waals surface area contributed by atoms with Gasteiger partial charge in [0.05, 0.1) is 22.3 Å². The number of carbonyl (C=O) groups is 4. The molecule has 10 heteroatoms. The van der Waals surface area contributed by atoms with Crippen molar-refractivity contribution in [3.8, 4) is 0 Å². The summed E-state index contributed by atoms with van der Waals surface area (Å²) in [5.41, 5.74) is -1.25. The van der Waals surface area contributed by atoms with E-state index in [2.05, 4.69) is 29.8 Å². The summed E-state index contributed by atoms with van der Waals surface area (Å²) in [6.07, 6.45) is 0. The molecule has 0 aliphatic carbocycles. The Bertz CT molecular complexity index is 767. The standard InChI is InChI=1S/C16H10O7.OSi2/c17-13(18)9-5-1-3-7-11(9)15(21)23-16(22)12-8-4-2-6-10(12)14(19)20;2-1-3/h1-8H,(H,17,18)(H,19,20);. The first-order valence-corrected chi connectivity index (χ1v) is 7.55. The molecule has 26 heavy (non-hydrogen) atoms. The van der Waals surface area contributed by atoms with E-state index in [0.29, 0.717) is 0 Å². The third-order valence-corrected chi connectivity index (χ3v) is 2.94. The minimum Gasteiger partial charge on any atom is -0.478 e. The monoisotopic (exact) mass is 386 g/mol. The second-order valence-corrected chi connectivity index (χ2v) is 5.30. The van der Waals surface area contributed by atoms with E-state index in [0.717, 1.165) is 0 Å². The second kappa shape index (κ2) is 10.0. The maximum atomic E-state index is 12.0. The zero-order valence-corrected chi connectivity index (χ0v) is 15.0. The molecule has 0 spiro atoms. The van der Waals surface area contributed by atoms with Crippen LogP contribution in [0.1, 0.15) is 41.4 Å². The number of rotatable bonds is 4. The first-order valence-electron chi connectivity index (χ1n) is 6.73. The highest BCUT2D eigenvalue weighted by Gasteiger charge is 2.23. The first-order chi connectivity index (χ1) is 12.3. The zero-order chi connectivity index (χ0) is 19.7. The summed E-state index contributed by atoms with van der Waals surface area (Å²) < 4.78 is 8.46. The van der Waals surface area contributed by atoms with E-state index in [9.17, 15) is 19.2 Å². The highest BCUT2D eigenvalue weighted by molar-refractivity contribution is 6.15. The fourth-order valence-corrected chi connectivity index (χ4v) is 1.89. The van der Waals surface area contributed by atoms with Gasteiger partial charge in [0.2, 0.25) is 21.0 Å². The van der Waals surface area contributed by atoms with E-state index in [1.165, 1.54) is 48.5 Å². The quantitative estimate of drug-likeness (QED) is 0.457. The molecule has 8 nitrogen and oxygen atoms in total. The minimum absolute atomic E-state index is 0.304. The molecule has 6 radical (unpaired) electrons. The summed E-state index contributed by atoms with van der Waals surface area (Å²) >= 11 is 0. The number of carboxylic acid groups (broad SMARTS) is 2. The van der Waals surface area contributed by atoms with Crippen LogP contribution in [-0.4, -0.2) is 55.1 Å². The lowest BCUT2D eigenvalue weighted by Crippen LogP contribution is -2.18. The van der Waals surface area contributed by atoms with Gasteiger partial charge in [0.1, 0.15) is 0 Å². The molecule has 2 aromatic rings. The molecule has 2 aromatic carbocycles. The summed E-state index contributed by atoms with van der Waals surface area (Å²) in [6.45, 7) is 0. The van der Waals surface area contributed by atoms with Crippen molar-refractivity contribution in [2.24, 2.45) is 0 Å². The predicted octanol–water partition coefficient (Wildman–Crippen LogP) is 1.25. The van der Waals surface area contributed by atoms with Crippen molar-refractivity contribution >= 4 is 44.8 Å². The van der Waals surface area contributed by atoms with Crippen LogP contribution >= 0.6 is 0 Å². The fraction of sp³-hybridized carbons (Fsp3) is 0. The highest BCUT2D eigenvalue weighted by Crippen LogP contribution is 2.14. The third kappa shape index (κ3) is 5.48. The number of hydrogen-bond donors (Lipinski definition) is 2. The van der Waals surface area contributed by atoms with Gasteiger partial charge in [-0.25, -0.2) is 19.2 Å². The Morgan fingerprint density at radius 1 is 0.654 bits per heavy atom. The molecule has 0 aromatic heterocycles. The molecule has 0 fully saturated rings. The van der Waals surface area contributed by atoms with E-state index in [4.69, 9.17) is 10.2 Å². The van der Waals surface area contributed by atoms with E-state index in [1.807, 2.05) is 0 Å². The van der Waals surface area contributed by atoms with Crippen LogP contribution in [-0.2, 0) is 8.85 Å². The van der Waals surface area contributed by atoms with Crippen molar-refractivity contribution < 1.29 is 38.2 Å². The van der Waals surface area contributed by atoms with Gasteiger partial charge in [-0.15, -0.1) is 0 Å². The number of carbonyl (C=O) groups excluding carboxylic acids is 2. The van der Waals surface area contributed by atoms with Gasteiger partial charge in [-0.05, 0) is 24.3 Å². The SMILES string of the molecule is O=C(O)c1ccccc1C(=O)OC(=O)c1ccccc1C(=O)O.[Si]O[Si]. The molecular formula is C16H10O8Si2. The Morgan fingerprint density at radius 3 is 1.19 bits per heavy atom. The van der Waals surface area contributed by atoms with Gasteiger partial charge in [-0.2, -0.15) is 0 Å². The lowest BCUT2D eigenvalue weighted by Gasteiger charge is -2.07. The lowest BCUT2D eigenvalue weighted by molar-refractivity contribution is 0.0386. The van der Waals surface area contributed by atoms with Crippen molar-refractivity contribution in [2.45, 2.75) is 0 Å². The molecule has 2 N–H and O–H groups in total. The summed E-state index contributed by atoms with van der Waals surface area (Å²) in [5, 5.41) is 18.0. The Balaban J connectivity index is 0.00000105. The number of carboxylic acids is 2. The van der Waals surface area contributed by atoms with E-state index >= 15 is 0 Å². The summed E-state index contributed by atoms with van der Waals surface area (Å²) in [4.78, 5) is 46.1. The molecule has 0 atom stereocenters. The molecule has 0 amide bonds. The van der Waals surface area contributed by atoms with Gasteiger partial charge in [0.25, 0.3) is 0 Å². The van der Waals surface area contributed by atoms with Gasteiger partial charge >= 0.3 is 23.9 Å². The maximum absolute atomic E-state index is 12.0. The van der Waals surface area contributed by atoms with Gasteiger partial charge < -0.3 is 19.1 Å². The maximum Gasteiger partial charge on any atom is 0.346 e. The molecule has 0 saturated heterocycles. The second-order valence-electron chi connectivity index (χ2n) is 4.48. The number of ether oxygens (including phenoxy) is 1. The average molecular weight is 386 g/mol. The highest BCUT2D eigenvalue weighted by atomic mass is 28.3. The Labute approximate surface area is 154 Å². The van der Waals surface area contributed by atoms with Crippen LogP contribution in [0.5, 0.6) is 0 Å². The molecule has 0 aliphatic heterocycles. The third-order valence-electron chi connectivity index (χ3n) is 2.94. The smallest absolute Gasteiger partial charge is 0.346 e. The predicted molar refractivity (Wildman–Crippen MR) is 89.1 cm³/mol. The van der Waals surface area contributed by atoms with Crippen LogP contribution in [0, 0.1) is 0 Å². The molecule has 0 aliphatic rings. The van der Waals surface area contributed by atoms with Crippen molar-refractivity contribution in [3.05, 3.63) is 70.8 Å². The van der Waals surface area contributed by atoms with Gasteiger partial charge in [-0.3, -0.25) is 0 Å². The van der Waals surface area contributed by atoms with Crippen molar-refractivity contribution in [1.29, 1.82) is 0 Å². The van der Waals surface area contributed by atoms with Crippen LogP contribution in [0.25, 0.3) is 0 Å².